The number of alkyl carbamates (subject to hydrolysis) is 1. The summed E-state index contributed by atoms with van der Waals surface area (Å²) >= 11 is 0. The van der Waals surface area contributed by atoms with Crippen molar-refractivity contribution in [3.8, 4) is 0 Å². The number of rotatable bonds is 6. The lowest BCUT2D eigenvalue weighted by molar-refractivity contribution is -0.448. The highest BCUT2D eigenvalue weighted by molar-refractivity contribution is 5.67. The van der Waals surface area contributed by atoms with Crippen LogP contribution in [0.1, 0.15) is 86.0 Å². The van der Waals surface area contributed by atoms with Crippen molar-refractivity contribution < 1.29 is 24.0 Å². The molecule has 2 saturated carbocycles. The number of hydrogen-bond donors (Lipinski definition) is 2. The molecule has 0 aromatic rings. The van der Waals surface area contributed by atoms with Gasteiger partial charge in [-0.15, -0.1) is 0 Å². The van der Waals surface area contributed by atoms with E-state index in [4.69, 9.17) is 19.2 Å². The molecule has 7 heteroatoms. The van der Waals surface area contributed by atoms with Crippen LogP contribution in [0.4, 0.5) is 4.79 Å². The number of carbonyl (C=O) groups excluding carboxylic acids is 1. The second-order valence-corrected chi connectivity index (χ2v) is 10.5. The van der Waals surface area contributed by atoms with E-state index in [2.05, 4.69) is 29.7 Å². The van der Waals surface area contributed by atoms with Crippen molar-refractivity contribution in [2.45, 2.75) is 116 Å². The molecule has 7 nitrogen and oxygen atoms in total. The van der Waals surface area contributed by atoms with Gasteiger partial charge in [0.05, 0.1) is 6.10 Å². The first-order valence-corrected chi connectivity index (χ1v) is 12.2. The van der Waals surface area contributed by atoms with E-state index in [-0.39, 0.29) is 18.3 Å². The fourth-order valence-corrected chi connectivity index (χ4v) is 4.54. The smallest absolute Gasteiger partial charge is 0.407 e. The fourth-order valence-electron chi connectivity index (χ4n) is 4.54. The molecule has 0 aromatic heterocycles. The Labute approximate surface area is 193 Å². The Hall–Kier alpha value is -1.41. The van der Waals surface area contributed by atoms with Crippen LogP contribution in [-0.2, 0) is 19.2 Å². The van der Waals surface area contributed by atoms with E-state index in [9.17, 15) is 4.79 Å². The quantitative estimate of drug-likeness (QED) is 0.340. The highest BCUT2D eigenvalue weighted by atomic mass is 17.2. The Morgan fingerprint density at radius 1 is 1.06 bits per heavy atom. The van der Waals surface area contributed by atoms with Gasteiger partial charge in [0.15, 0.2) is 0 Å². The van der Waals surface area contributed by atoms with Gasteiger partial charge in [-0.2, -0.15) is 0 Å². The average molecular weight is 451 g/mol. The summed E-state index contributed by atoms with van der Waals surface area (Å²) in [7, 11) is 0. The molecule has 2 atom stereocenters. The van der Waals surface area contributed by atoms with Crippen LogP contribution < -0.4 is 10.6 Å². The minimum atomic E-state index is -0.673. The minimum Gasteiger partial charge on any atom is -0.444 e. The van der Waals surface area contributed by atoms with Gasteiger partial charge in [-0.1, -0.05) is 23.3 Å². The standard InChI is InChI=1S/C25H42N2O5/c1-18-14-20-16-21(17-20)15-19(2)31-32-25(29-18)10-8-22(9-11-25)26-12-6-7-13-27-23(28)30-24(3,4)5/h14-15,18-19,22,26H,6-13,16-17H2,1-5H3,(H,27,28). The lowest BCUT2D eigenvalue weighted by Crippen LogP contribution is -2.46. The van der Waals surface area contributed by atoms with Crippen molar-refractivity contribution >= 4 is 6.09 Å². The number of allylic oxidation sites excluding steroid dienone is 2. The van der Waals surface area contributed by atoms with E-state index in [1.54, 1.807) is 0 Å². The Kier molecular flexibility index (Phi) is 8.78. The first kappa shape index (κ1) is 25.2. The van der Waals surface area contributed by atoms with Gasteiger partial charge in [0.25, 0.3) is 0 Å². The van der Waals surface area contributed by atoms with Crippen LogP contribution in [0.3, 0.4) is 0 Å². The van der Waals surface area contributed by atoms with Crippen LogP contribution >= 0.6 is 0 Å². The normalized spacial score (nSPS) is 31.1. The zero-order chi connectivity index (χ0) is 23.2. The average Bonchev–Trinajstić information content (AvgIpc) is 2.70. The molecule has 4 aliphatic rings. The van der Waals surface area contributed by atoms with Gasteiger partial charge in [-0.25, -0.2) is 14.6 Å². The largest absolute Gasteiger partial charge is 0.444 e. The Balaban J connectivity index is 1.36. The van der Waals surface area contributed by atoms with Crippen molar-refractivity contribution in [3.05, 3.63) is 23.3 Å². The summed E-state index contributed by atoms with van der Waals surface area (Å²) < 4.78 is 11.6. The van der Waals surface area contributed by atoms with Gasteiger partial charge in [-0.3, -0.25) is 0 Å². The highest BCUT2D eigenvalue weighted by Gasteiger charge is 2.40. The summed E-state index contributed by atoms with van der Waals surface area (Å²) in [6.45, 7) is 11.3. The summed E-state index contributed by atoms with van der Waals surface area (Å²) in [5.74, 6) is -0.673. The third-order valence-corrected chi connectivity index (χ3v) is 6.05. The maximum absolute atomic E-state index is 11.7. The van der Waals surface area contributed by atoms with Crippen LogP contribution in [0.15, 0.2) is 23.3 Å². The molecule has 0 saturated heterocycles. The molecule has 2 fully saturated rings. The number of amides is 1. The van der Waals surface area contributed by atoms with Gasteiger partial charge < -0.3 is 20.1 Å². The van der Waals surface area contributed by atoms with E-state index < -0.39 is 11.4 Å². The summed E-state index contributed by atoms with van der Waals surface area (Å²) in [6.07, 6.45) is 11.6. The Bertz CT molecular complexity index is 679. The van der Waals surface area contributed by atoms with Crippen molar-refractivity contribution in [2.24, 2.45) is 0 Å². The summed E-state index contributed by atoms with van der Waals surface area (Å²) in [4.78, 5) is 23.3. The van der Waals surface area contributed by atoms with Gasteiger partial charge in [0.1, 0.15) is 11.7 Å². The SMILES string of the molecule is CC1C=C2CC(=CC(C)OC3(CCC(NCCCCNC(=O)OC(C)(C)C)CC3)OO1)C2. The molecule has 2 N–H and O–H groups in total. The van der Waals surface area contributed by atoms with E-state index in [0.717, 1.165) is 57.9 Å². The first-order valence-electron chi connectivity index (χ1n) is 12.2. The van der Waals surface area contributed by atoms with Crippen molar-refractivity contribution in [1.29, 1.82) is 0 Å². The minimum absolute atomic E-state index is 0.0190. The number of carbonyl (C=O) groups is 1. The summed E-state index contributed by atoms with van der Waals surface area (Å²) in [5.41, 5.74) is 2.41. The third-order valence-electron chi connectivity index (χ3n) is 6.05. The molecule has 2 aliphatic carbocycles. The van der Waals surface area contributed by atoms with Crippen LogP contribution in [-0.4, -0.2) is 48.8 Å². The fraction of sp³-hybridized carbons (Fsp3) is 0.800. The lowest BCUT2D eigenvalue weighted by Gasteiger charge is -2.40. The van der Waals surface area contributed by atoms with Gasteiger partial charge >= 0.3 is 6.09 Å². The molecule has 4 rings (SSSR count). The third kappa shape index (κ3) is 8.18. The molecule has 1 spiro atoms. The maximum atomic E-state index is 11.7. The second-order valence-electron chi connectivity index (χ2n) is 10.5. The molecule has 2 unspecified atom stereocenters. The molecule has 1 amide bonds. The van der Waals surface area contributed by atoms with Crippen LogP contribution in [0.2, 0.25) is 0 Å². The molecular formula is C25H42N2O5. The molecule has 2 heterocycles. The monoisotopic (exact) mass is 450 g/mol. The Morgan fingerprint density at radius 2 is 1.69 bits per heavy atom. The second kappa shape index (κ2) is 11.1. The van der Waals surface area contributed by atoms with E-state index in [1.807, 2.05) is 27.7 Å². The van der Waals surface area contributed by atoms with E-state index in [0.29, 0.717) is 12.6 Å². The van der Waals surface area contributed by atoms with Gasteiger partial charge in [-0.05, 0) is 79.7 Å². The lowest BCUT2D eigenvalue weighted by atomic mass is 9.84. The van der Waals surface area contributed by atoms with Crippen LogP contribution in [0.5, 0.6) is 0 Å². The van der Waals surface area contributed by atoms with Crippen molar-refractivity contribution in [2.75, 3.05) is 13.1 Å². The van der Waals surface area contributed by atoms with Gasteiger partial charge in [0, 0.05) is 25.4 Å². The van der Waals surface area contributed by atoms with Crippen molar-refractivity contribution in [3.63, 3.8) is 0 Å². The predicted octanol–water partition coefficient (Wildman–Crippen LogP) is 4.92. The predicted molar refractivity (Wildman–Crippen MR) is 124 cm³/mol. The molecule has 0 aromatic carbocycles. The summed E-state index contributed by atoms with van der Waals surface area (Å²) in [6, 6.07) is 0.450. The number of unbranched alkanes of at least 4 members (excludes halogenated alkanes) is 1. The zero-order valence-electron chi connectivity index (χ0n) is 20.5. The first-order chi connectivity index (χ1) is 15.1. The molecule has 2 aliphatic heterocycles. The van der Waals surface area contributed by atoms with E-state index in [1.165, 1.54) is 11.1 Å². The van der Waals surface area contributed by atoms with Gasteiger partial charge in [0.2, 0.25) is 5.79 Å². The summed E-state index contributed by atoms with van der Waals surface area (Å²) in [5, 5.41) is 6.46. The number of ether oxygens (including phenoxy) is 2. The molecule has 0 radical (unpaired) electrons. The van der Waals surface area contributed by atoms with Crippen molar-refractivity contribution in [1.82, 2.24) is 10.6 Å². The molecule has 2 bridgehead atoms. The van der Waals surface area contributed by atoms with Crippen LogP contribution in [0, 0.1) is 0 Å². The van der Waals surface area contributed by atoms with Crippen LogP contribution in [0.25, 0.3) is 0 Å². The number of fused-ring (bicyclic) bond motifs is 5. The zero-order valence-corrected chi connectivity index (χ0v) is 20.5. The molecular weight excluding hydrogens is 408 g/mol. The highest BCUT2D eigenvalue weighted by Crippen LogP contribution is 2.38. The van der Waals surface area contributed by atoms with E-state index >= 15 is 0 Å². The maximum Gasteiger partial charge on any atom is 0.407 e. The topological polar surface area (TPSA) is 78.1 Å². The number of nitrogens with one attached hydrogen (secondary N) is 2. The Morgan fingerprint density at radius 3 is 2.34 bits per heavy atom. The molecule has 32 heavy (non-hydrogen) atoms. The molecule has 182 valence electrons. The number of hydrogen-bond acceptors (Lipinski definition) is 6.